The first-order chi connectivity index (χ1) is 8.97. The second-order valence-electron chi connectivity index (χ2n) is 5.59. The third kappa shape index (κ3) is 4.68. The zero-order valence-corrected chi connectivity index (χ0v) is 13.8. The molecule has 19 heavy (non-hydrogen) atoms. The predicted molar refractivity (Wildman–Crippen MR) is 85.1 cm³/mol. The summed E-state index contributed by atoms with van der Waals surface area (Å²) in [6.45, 7) is 14.3. The molecule has 0 amide bonds. The maximum Gasteiger partial charge on any atom is 0.133 e. The summed E-state index contributed by atoms with van der Waals surface area (Å²) >= 11 is 1.86. The summed E-state index contributed by atoms with van der Waals surface area (Å²) in [6, 6.07) is 0. The largest absolute Gasteiger partial charge is 0.370 e. The van der Waals surface area contributed by atoms with Gasteiger partial charge in [-0.3, -0.25) is 0 Å². The molecule has 0 aliphatic carbocycles. The molecule has 1 atom stereocenters. The molecule has 1 aromatic rings. The second kappa shape index (κ2) is 7.73. The fourth-order valence-electron chi connectivity index (χ4n) is 1.69. The van der Waals surface area contributed by atoms with Crippen LogP contribution in [0.5, 0.6) is 0 Å². The van der Waals surface area contributed by atoms with Gasteiger partial charge in [-0.05, 0) is 18.3 Å². The lowest BCUT2D eigenvalue weighted by molar-refractivity contribution is 0.640. The minimum absolute atomic E-state index is 0.433. The van der Waals surface area contributed by atoms with Crippen LogP contribution in [0, 0.1) is 5.92 Å². The van der Waals surface area contributed by atoms with E-state index in [1.54, 1.807) is 6.33 Å². The van der Waals surface area contributed by atoms with Crippen molar-refractivity contribution in [2.24, 2.45) is 5.92 Å². The number of rotatable bonds is 7. The number of nitrogens with zero attached hydrogens (tertiary/aromatic N) is 2. The molecule has 1 rings (SSSR count). The molecule has 1 aromatic heterocycles. The van der Waals surface area contributed by atoms with Gasteiger partial charge in [0, 0.05) is 17.4 Å². The van der Waals surface area contributed by atoms with Crippen molar-refractivity contribution in [2.75, 3.05) is 11.9 Å². The van der Waals surface area contributed by atoms with E-state index in [0.717, 1.165) is 23.8 Å². The van der Waals surface area contributed by atoms with Gasteiger partial charge in [-0.1, -0.05) is 41.5 Å². The first-order valence-corrected chi connectivity index (χ1v) is 8.10. The molecule has 1 N–H and O–H groups in total. The van der Waals surface area contributed by atoms with Crippen LogP contribution in [0.1, 0.15) is 59.4 Å². The summed E-state index contributed by atoms with van der Waals surface area (Å²) in [5, 5.41) is 5.11. The summed E-state index contributed by atoms with van der Waals surface area (Å²) in [5.74, 6) is 2.08. The van der Waals surface area contributed by atoms with Crippen LogP contribution in [0.15, 0.2) is 11.4 Å². The van der Waals surface area contributed by atoms with Crippen molar-refractivity contribution >= 4 is 17.6 Å². The summed E-state index contributed by atoms with van der Waals surface area (Å²) < 4.78 is 0. The third-order valence-electron chi connectivity index (χ3n) is 3.20. The van der Waals surface area contributed by atoms with Gasteiger partial charge in [0.2, 0.25) is 0 Å². The lowest BCUT2D eigenvalue weighted by Crippen LogP contribution is -2.11. The van der Waals surface area contributed by atoms with Gasteiger partial charge < -0.3 is 5.32 Å². The van der Waals surface area contributed by atoms with Crippen LogP contribution >= 0.6 is 11.8 Å². The summed E-state index contributed by atoms with van der Waals surface area (Å²) in [4.78, 5) is 8.92. The molecule has 0 aliphatic rings. The van der Waals surface area contributed by atoms with E-state index in [0.29, 0.717) is 17.1 Å². The van der Waals surface area contributed by atoms with Crippen LogP contribution < -0.4 is 5.32 Å². The Morgan fingerprint density at radius 3 is 2.37 bits per heavy atom. The Bertz CT molecular complexity index is 391. The smallest absolute Gasteiger partial charge is 0.133 e. The third-order valence-corrected chi connectivity index (χ3v) is 4.67. The van der Waals surface area contributed by atoms with Crippen LogP contribution in [-0.2, 0) is 0 Å². The highest BCUT2D eigenvalue weighted by molar-refractivity contribution is 7.99. The number of nitrogens with one attached hydrogen (secondary N) is 1. The van der Waals surface area contributed by atoms with Crippen molar-refractivity contribution < 1.29 is 0 Å². The average Bonchev–Trinajstić information content (AvgIpc) is 2.35. The van der Waals surface area contributed by atoms with Crippen LogP contribution in [0.4, 0.5) is 5.82 Å². The van der Waals surface area contributed by atoms with E-state index in [9.17, 15) is 0 Å². The topological polar surface area (TPSA) is 37.8 Å². The maximum atomic E-state index is 4.50. The summed E-state index contributed by atoms with van der Waals surface area (Å²) in [7, 11) is 0. The van der Waals surface area contributed by atoms with E-state index < -0.39 is 0 Å². The molecule has 3 nitrogen and oxygen atoms in total. The summed E-state index contributed by atoms with van der Waals surface area (Å²) in [5.41, 5.74) is 1.26. The Labute approximate surface area is 122 Å². The van der Waals surface area contributed by atoms with Gasteiger partial charge in [0.15, 0.2) is 0 Å². The van der Waals surface area contributed by atoms with Gasteiger partial charge >= 0.3 is 0 Å². The van der Waals surface area contributed by atoms with E-state index in [-0.39, 0.29) is 0 Å². The molecule has 0 saturated carbocycles. The van der Waals surface area contributed by atoms with Gasteiger partial charge in [-0.2, -0.15) is 0 Å². The van der Waals surface area contributed by atoms with Gasteiger partial charge in [0.1, 0.15) is 17.2 Å². The van der Waals surface area contributed by atoms with Crippen molar-refractivity contribution in [3.8, 4) is 0 Å². The van der Waals surface area contributed by atoms with E-state index >= 15 is 0 Å². The molecule has 1 unspecified atom stereocenters. The van der Waals surface area contributed by atoms with E-state index in [2.05, 4.69) is 56.8 Å². The molecule has 0 spiro atoms. The van der Waals surface area contributed by atoms with Gasteiger partial charge in [0.05, 0.1) is 0 Å². The lowest BCUT2D eigenvalue weighted by atomic mass is 10.1. The quantitative estimate of drug-likeness (QED) is 0.587. The fourth-order valence-corrected chi connectivity index (χ4v) is 2.88. The number of hydrogen-bond acceptors (Lipinski definition) is 4. The standard InChI is InChI=1S/C15H27N3S/c1-7-8-16-14-13(11(4)5)15(18-9-17-14)19-12(6)10(2)3/h9-12H,7-8H2,1-6H3,(H,16,17,18). The summed E-state index contributed by atoms with van der Waals surface area (Å²) in [6.07, 6.45) is 2.78. The van der Waals surface area contributed by atoms with E-state index in [1.807, 2.05) is 11.8 Å². The predicted octanol–water partition coefficient (Wildman–Crippen LogP) is 4.56. The molecular formula is C15H27N3S. The molecule has 0 bridgehead atoms. The van der Waals surface area contributed by atoms with Crippen molar-refractivity contribution in [2.45, 2.75) is 64.2 Å². The Morgan fingerprint density at radius 1 is 1.16 bits per heavy atom. The minimum atomic E-state index is 0.433. The molecule has 4 heteroatoms. The maximum absolute atomic E-state index is 4.50. The number of hydrogen-bond donors (Lipinski definition) is 1. The molecule has 0 aromatic carbocycles. The zero-order chi connectivity index (χ0) is 14.4. The number of thioether (sulfide) groups is 1. The van der Waals surface area contributed by atoms with Crippen LogP contribution in [0.2, 0.25) is 0 Å². The number of anilines is 1. The number of aromatic nitrogens is 2. The first-order valence-electron chi connectivity index (χ1n) is 7.22. The Hall–Kier alpha value is -0.770. The molecular weight excluding hydrogens is 254 g/mol. The molecule has 108 valence electrons. The highest BCUT2D eigenvalue weighted by Crippen LogP contribution is 2.35. The monoisotopic (exact) mass is 281 g/mol. The van der Waals surface area contributed by atoms with Gasteiger partial charge in [-0.15, -0.1) is 11.8 Å². The minimum Gasteiger partial charge on any atom is -0.370 e. The van der Waals surface area contributed by atoms with Crippen molar-refractivity contribution in [1.82, 2.24) is 9.97 Å². The SMILES string of the molecule is CCCNc1ncnc(SC(C)C(C)C)c1C(C)C. The second-order valence-corrected chi connectivity index (χ2v) is 6.96. The first kappa shape index (κ1) is 16.3. The Balaban J connectivity index is 3.02. The van der Waals surface area contributed by atoms with Crippen LogP contribution in [-0.4, -0.2) is 21.8 Å². The molecule has 1 heterocycles. The molecule has 0 saturated heterocycles. The lowest BCUT2D eigenvalue weighted by Gasteiger charge is -2.20. The van der Waals surface area contributed by atoms with Crippen LogP contribution in [0.25, 0.3) is 0 Å². The van der Waals surface area contributed by atoms with E-state index in [1.165, 1.54) is 5.56 Å². The normalized spacial score (nSPS) is 13.1. The van der Waals surface area contributed by atoms with Gasteiger partial charge in [-0.25, -0.2) is 9.97 Å². The van der Waals surface area contributed by atoms with Gasteiger partial charge in [0.25, 0.3) is 0 Å². The zero-order valence-electron chi connectivity index (χ0n) is 13.0. The average molecular weight is 281 g/mol. The highest BCUT2D eigenvalue weighted by Gasteiger charge is 2.18. The van der Waals surface area contributed by atoms with Crippen molar-refractivity contribution in [3.63, 3.8) is 0 Å². The fraction of sp³-hybridized carbons (Fsp3) is 0.733. The Morgan fingerprint density at radius 2 is 1.84 bits per heavy atom. The molecule has 0 aliphatic heterocycles. The van der Waals surface area contributed by atoms with Crippen molar-refractivity contribution in [3.05, 3.63) is 11.9 Å². The Kier molecular flexibility index (Phi) is 6.63. The highest BCUT2D eigenvalue weighted by atomic mass is 32.2. The molecule has 0 radical (unpaired) electrons. The van der Waals surface area contributed by atoms with Crippen molar-refractivity contribution in [1.29, 1.82) is 0 Å². The van der Waals surface area contributed by atoms with E-state index in [4.69, 9.17) is 0 Å². The molecule has 0 fully saturated rings. The van der Waals surface area contributed by atoms with Crippen LogP contribution in [0.3, 0.4) is 0 Å².